The minimum absolute atomic E-state index is 0.339. The Balaban J connectivity index is 1.58. The highest BCUT2D eigenvalue weighted by Crippen LogP contribution is 2.38. The van der Waals surface area contributed by atoms with Crippen LogP contribution in [0.1, 0.15) is 23.2 Å². The second-order valence-electron chi connectivity index (χ2n) is 8.52. The first kappa shape index (κ1) is 19.0. The quantitative estimate of drug-likeness (QED) is 0.308. The van der Waals surface area contributed by atoms with Crippen molar-refractivity contribution < 1.29 is 0 Å². The van der Waals surface area contributed by atoms with E-state index in [9.17, 15) is 0 Å². The Morgan fingerprint density at radius 2 is 0.688 bits per heavy atom. The van der Waals surface area contributed by atoms with Gasteiger partial charge in [0, 0.05) is 12.1 Å². The fourth-order valence-corrected chi connectivity index (χ4v) is 5.10. The topological polar surface area (TPSA) is 52.0 Å². The molecule has 0 saturated heterocycles. The van der Waals surface area contributed by atoms with Crippen LogP contribution in [0.4, 0.5) is 0 Å². The van der Waals surface area contributed by atoms with Crippen molar-refractivity contribution in [2.24, 2.45) is 11.5 Å². The summed E-state index contributed by atoms with van der Waals surface area (Å²) in [4.78, 5) is 0. The van der Waals surface area contributed by atoms with Gasteiger partial charge in [0.25, 0.3) is 0 Å². The lowest BCUT2D eigenvalue weighted by Gasteiger charge is -2.25. The van der Waals surface area contributed by atoms with Gasteiger partial charge in [-0.25, -0.2) is 0 Å². The molecule has 0 heterocycles. The Hall–Kier alpha value is -3.72. The smallest absolute Gasteiger partial charge is 0.0497 e. The molecule has 0 bridgehead atoms. The first-order chi connectivity index (χ1) is 15.7. The molecule has 0 aliphatic rings. The molecule has 0 aromatic heterocycles. The predicted octanol–water partition coefficient (Wildman–Crippen LogP) is 7.00. The molecule has 2 heteroatoms. The summed E-state index contributed by atoms with van der Waals surface area (Å²) in [6, 6.07) is 37.7. The molecule has 4 N–H and O–H groups in total. The average Bonchev–Trinajstić information content (AvgIpc) is 2.87. The molecular formula is C30H24N2. The third-order valence-electron chi connectivity index (χ3n) is 6.71. The van der Waals surface area contributed by atoms with Crippen LogP contribution in [-0.2, 0) is 0 Å². The normalized spacial score (nSPS) is 13.7. The molecule has 0 unspecified atom stereocenters. The Morgan fingerprint density at radius 3 is 1.09 bits per heavy atom. The monoisotopic (exact) mass is 412 g/mol. The minimum Gasteiger partial charge on any atom is -0.322 e. The van der Waals surface area contributed by atoms with E-state index >= 15 is 0 Å². The van der Waals surface area contributed by atoms with Gasteiger partial charge in [0.2, 0.25) is 0 Å². The van der Waals surface area contributed by atoms with Crippen LogP contribution in [0.3, 0.4) is 0 Å². The molecule has 0 aliphatic carbocycles. The lowest BCUT2D eigenvalue weighted by atomic mass is 9.86. The SMILES string of the molecule is N[C@@H](c1cc2ccccc2c2ccccc12)[C@@H](N)c1cc2ccccc2c2ccccc12. The summed E-state index contributed by atoms with van der Waals surface area (Å²) in [5.74, 6) is 0. The molecule has 6 aromatic rings. The number of fused-ring (bicyclic) bond motifs is 6. The lowest BCUT2D eigenvalue weighted by Crippen LogP contribution is -2.27. The van der Waals surface area contributed by atoms with Gasteiger partial charge in [-0.3, -0.25) is 0 Å². The van der Waals surface area contributed by atoms with E-state index in [2.05, 4.69) is 109 Å². The van der Waals surface area contributed by atoms with Crippen molar-refractivity contribution >= 4 is 43.1 Å². The van der Waals surface area contributed by atoms with Gasteiger partial charge < -0.3 is 11.5 Å². The van der Waals surface area contributed by atoms with Crippen molar-refractivity contribution in [2.45, 2.75) is 12.1 Å². The van der Waals surface area contributed by atoms with E-state index in [0.29, 0.717) is 0 Å². The zero-order valence-corrected chi connectivity index (χ0v) is 17.7. The molecule has 0 saturated carbocycles. The van der Waals surface area contributed by atoms with Gasteiger partial charge in [0.05, 0.1) is 0 Å². The van der Waals surface area contributed by atoms with Gasteiger partial charge in [-0.1, -0.05) is 97.1 Å². The molecular weight excluding hydrogens is 388 g/mol. The van der Waals surface area contributed by atoms with E-state index in [0.717, 1.165) is 11.1 Å². The van der Waals surface area contributed by atoms with Gasteiger partial charge in [-0.05, 0) is 66.3 Å². The zero-order chi connectivity index (χ0) is 21.7. The summed E-state index contributed by atoms with van der Waals surface area (Å²) in [6.07, 6.45) is 0. The van der Waals surface area contributed by atoms with Crippen LogP contribution in [0, 0.1) is 0 Å². The van der Waals surface area contributed by atoms with E-state index in [1.54, 1.807) is 0 Å². The molecule has 154 valence electrons. The third kappa shape index (κ3) is 2.89. The van der Waals surface area contributed by atoms with E-state index < -0.39 is 0 Å². The van der Waals surface area contributed by atoms with Crippen molar-refractivity contribution in [3.05, 3.63) is 120 Å². The summed E-state index contributed by atoms with van der Waals surface area (Å²) in [6.45, 7) is 0. The van der Waals surface area contributed by atoms with Crippen LogP contribution < -0.4 is 11.5 Å². The largest absolute Gasteiger partial charge is 0.322 e. The van der Waals surface area contributed by atoms with Crippen LogP contribution in [0.15, 0.2) is 109 Å². The van der Waals surface area contributed by atoms with Gasteiger partial charge in [0.15, 0.2) is 0 Å². The maximum Gasteiger partial charge on any atom is 0.0497 e. The Labute approximate surface area is 187 Å². The first-order valence-electron chi connectivity index (χ1n) is 11.0. The highest BCUT2D eigenvalue weighted by atomic mass is 14.8. The summed E-state index contributed by atoms with van der Waals surface area (Å²) in [5, 5.41) is 9.61. The molecule has 0 aliphatic heterocycles. The van der Waals surface area contributed by atoms with Crippen molar-refractivity contribution in [2.75, 3.05) is 0 Å². The van der Waals surface area contributed by atoms with Crippen molar-refractivity contribution in [1.82, 2.24) is 0 Å². The molecule has 2 atom stereocenters. The second kappa shape index (κ2) is 7.45. The molecule has 0 spiro atoms. The van der Waals surface area contributed by atoms with E-state index in [-0.39, 0.29) is 12.1 Å². The van der Waals surface area contributed by atoms with Gasteiger partial charge in [-0.15, -0.1) is 0 Å². The fraction of sp³-hybridized carbons (Fsp3) is 0.0667. The highest BCUT2D eigenvalue weighted by Gasteiger charge is 2.23. The second-order valence-corrected chi connectivity index (χ2v) is 8.52. The molecule has 0 radical (unpaired) electrons. The molecule has 32 heavy (non-hydrogen) atoms. The fourth-order valence-electron chi connectivity index (χ4n) is 5.10. The molecule has 2 nitrogen and oxygen atoms in total. The summed E-state index contributed by atoms with van der Waals surface area (Å²) in [7, 11) is 0. The zero-order valence-electron chi connectivity index (χ0n) is 17.7. The Bertz CT molecular complexity index is 1490. The van der Waals surface area contributed by atoms with Crippen molar-refractivity contribution in [3.8, 4) is 0 Å². The van der Waals surface area contributed by atoms with Crippen LogP contribution in [0.2, 0.25) is 0 Å². The number of hydrogen-bond acceptors (Lipinski definition) is 2. The van der Waals surface area contributed by atoms with Crippen LogP contribution in [0.25, 0.3) is 43.1 Å². The Kier molecular flexibility index (Phi) is 4.43. The molecule has 6 aromatic carbocycles. The predicted molar refractivity (Wildman–Crippen MR) is 137 cm³/mol. The van der Waals surface area contributed by atoms with Crippen LogP contribution in [0.5, 0.6) is 0 Å². The summed E-state index contributed by atoms with van der Waals surface area (Å²) >= 11 is 0. The molecule has 0 amide bonds. The summed E-state index contributed by atoms with van der Waals surface area (Å²) in [5.41, 5.74) is 16.0. The van der Waals surface area contributed by atoms with Gasteiger partial charge >= 0.3 is 0 Å². The number of benzene rings is 6. The third-order valence-corrected chi connectivity index (χ3v) is 6.71. The number of nitrogens with two attached hydrogens (primary N) is 2. The maximum atomic E-state index is 6.94. The Morgan fingerprint density at radius 1 is 0.375 bits per heavy atom. The standard InChI is InChI=1S/C30H24N2/c31-29(27-17-19-9-1-3-11-21(19)23-13-5-7-15-25(23)27)30(32)28-18-20-10-2-4-12-22(20)24-14-6-8-16-26(24)28/h1-18,29-30H,31-32H2/t29-,30-/m0/s1. The first-order valence-corrected chi connectivity index (χ1v) is 11.0. The van der Waals surface area contributed by atoms with E-state index in [1.807, 2.05) is 0 Å². The van der Waals surface area contributed by atoms with E-state index in [4.69, 9.17) is 11.5 Å². The van der Waals surface area contributed by atoms with Crippen LogP contribution in [-0.4, -0.2) is 0 Å². The highest BCUT2D eigenvalue weighted by molar-refractivity contribution is 6.10. The minimum atomic E-state index is -0.339. The summed E-state index contributed by atoms with van der Waals surface area (Å²) < 4.78 is 0. The van der Waals surface area contributed by atoms with Crippen molar-refractivity contribution in [1.29, 1.82) is 0 Å². The van der Waals surface area contributed by atoms with Gasteiger partial charge in [-0.2, -0.15) is 0 Å². The molecule has 6 rings (SSSR count). The van der Waals surface area contributed by atoms with E-state index in [1.165, 1.54) is 43.1 Å². The lowest BCUT2D eigenvalue weighted by molar-refractivity contribution is 0.582. The van der Waals surface area contributed by atoms with Crippen molar-refractivity contribution in [3.63, 3.8) is 0 Å². The average molecular weight is 413 g/mol. The number of hydrogen-bond donors (Lipinski definition) is 2. The number of rotatable bonds is 3. The molecule has 0 fully saturated rings. The van der Waals surface area contributed by atoms with Crippen LogP contribution >= 0.6 is 0 Å². The maximum absolute atomic E-state index is 6.94. The van der Waals surface area contributed by atoms with Gasteiger partial charge in [0.1, 0.15) is 0 Å².